The van der Waals surface area contributed by atoms with Gasteiger partial charge in [0, 0.05) is 0 Å². The SMILES string of the molecule is CC1(C)OC1CCC1(C)C2CC3C(C2)C31C. The summed E-state index contributed by atoms with van der Waals surface area (Å²) < 4.78 is 5.74. The highest BCUT2D eigenvalue weighted by molar-refractivity contribution is 5.28. The van der Waals surface area contributed by atoms with E-state index in [1.807, 2.05) is 0 Å². The number of hydrogen-bond acceptors (Lipinski definition) is 1. The van der Waals surface area contributed by atoms with Crippen LogP contribution in [0.25, 0.3) is 0 Å². The molecule has 1 aliphatic heterocycles. The van der Waals surface area contributed by atoms with Gasteiger partial charge in [-0.2, -0.15) is 0 Å². The average Bonchev–Trinajstić information content (AvgIpc) is 2.82. The zero-order chi connectivity index (χ0) is 11.3. The van der Waals surface area contributed by atoms with Gasteiger partial charge in [0.1, 0.15) is 0 Å². The van der Waals surface area contributed by atoms with Crippen LogP contribution in [0.3, 0.4) is 0 Å². The molecule has 0 amide bonds. The minimum Gasteiger partial charge on any atom is -0.367 e. The van der Waals surface area contributed by atoms with Crippen molar-refractivity contribution in [2.24, 2.45) is 28.6 Å². The van der Waals surface area contributed by atoms with Crippen molar-refractivity contribution in [3.8, 4) is 0 Å². The van der Waals surface area contributed by atoms with Crippen LogP contribution in [0.4, 0.5) is 0 Å². The Bertz CT molecular complexity index is 346. The van der Waals surface area contributed by atoms with Gasteiger partial charge in [-0.15, -0.1) is 0 Å². The summed E-state index contributed by atoms with van der Waals surface area (Å²) in [5.74, 6) is 3.26. The smallest absolute Gasteiger partial charge is 0.0892 e. The standard InChI is InChI=1S/C15H24O/c1-13(2)12(16-13)5-6-14(3)9-7-10-11(8-9)15(10,14)4/h9-12H,5-8H2,1-4H3. The van der Waals surface area contributed by atoms with Crippen LogP contribution in [0.2, 0.25) is 0 Å². The molecule has 0 N–H and O–H groups in total. The normalized spacial score (nSPS) is 63.8. The van der Waals surface area contributed by atoms with Gasteiger partial charge in [-0.1, -0.05) is 13.8 Å². The first-order chi connectivity index (χ1) is 7.39. The molecule has 0 aromatic carbocycles. The minimum absolute atomic E-state index is 0.196. The predicted molar refractivity (Wildman–Crippen MR) is 64.1 cm³/mol. The maximum absolute atomic E-state index is 5.74. The van der Waals surface area contributed by atoms with Crippen molar-refractivity contribution in [1.29, 1.82) is 0 Å². The van der Waals surface area contributed by atoms with E-state index in [1.165, 1.54) is 12.8 Å². The Kier molecular flexibility index (Phi) is 1.48. The lowest BCUT2D eigenvalue weighted by Crippen LogP contribution is -2.28. The maximum Gasteiger partial charge on any atom is 0.0892 e. The summed E-state index contributed by atoms with van der Waals surface area (Å²) in [5.41, 5.74) is 1.59. The number of ether oxygens (including phenoxy) is 1. The van der Waals surface area contributed by atoms with E-state index in [-0.39, 0.29) is 5.60 Å². The molecular weight excluding hydrogens is 196 g/mol. The quantitative estimate of drug-likeness (QED) is 0.662. The molecule has 1 heterocycles. The van der Waals surface area contributed by atoms with Gasteiger partial charge in [0.15, 0.2) is 0 Å². The first-order valence-electron chi connectivity index (χ1n) is 7.07. The first-order valence-corrected chi connectivity index (χ1v) is 7.07. The van der Waals surface area contributed by atoms with Crippen LogP contribution in [0.15, 0.2) is 0 Å². The van der Waals surface area contributed by atoms with Crippen molar-refractivity contribution in [2.75, 3.05) is 0 Å². The highest BCUT2D eigenvalue weighted by Gasteiger charge is 2.81. The lowest BCUT2D eigenvalue weighted by molar-refractivity contribution is 0.143. The zero-order valence-corrected chi connectivity index (χ0v) is 11.0. The van der Waals surface area contributed by atoms with E-state index < -0.39 is 0 Å². The van der Waals surface area contributed by atoms with E-state index in [2.05, 4.69) is 27.7 Å². The highest BCUT2D eigenvalue weighted by Crippen LogP contribution is 2.87. The topological polar surface area (TPSA) is 12.5 Å². The van der Waals surface area contributed by atoms with E-state index in [4.69, 9.17) is 4.74 Å². The third-order valence-corrected chi connectivity index (χ3v) is 7.22. The van der Waals surface area contributed by atoms with Crippen LogP contribution in [0.5, 0.6) is 0 Å². The molecule has 16 heavy (non-hydrogen) atoms. The van der Waals surface area contributed by atoms with Crippen LogP contribution in [0.1, 0.15) is 53.4 Å². The molecule has 5 fully saturated rings. The third kappa shape index (κ3) is 0.868. The molecule has 5 aliphatic rings. The third-order valence-electron chi connectivity index (χ3n) is 7.22. The summed E-state index contributed by atoms with van der Waals surface area (Å²) in [5, 5.41) is 0. The van der Waals surface area contributed by atoms with Crippen LogP contribution in [-0.4, -0.2) is 11.7 Å². The summed E-state index contributed by atoms with van der Waals surface area (Å²) in [7, 11) is 0. The van der Waals surface area contributed by atoms with Gasteiger partial charge in [-0.3, -0.25) is 0 Å². The number of epoxide rings is 1. The largest absolute Gasteiger partial charge is 0.367 e. The molecule has 90 valence electrons. The van der Waals surface area contributed by atoms with Crippen molar-refractivity contribution < 1.29 is 4.74 Å². The monoisotopic (exact) mass is 220 g/mol. The fourth-order valence-corrected chi connectivity index (χ4v) is 5.68. The molecule has 4 unspecified atom stereocenters. The Hall–Kier alpha value is -0.0400. The average molecular weight is 220 g/mol. The minimum atomic E-state index is 0.196. The second-order valence-corrected chi connectivity index (χ2v) is 7.83. The molecule has 5 rings (SSSR count). The van der Waals surface area contributed by atoms with Crippen molar-refractivity contribution in [1.82, 2.24) is 0 Å². The van der Waals surface area contributed by atoms with E-state index in [0.717, 1.165) is 23.2 Å². The van der Waals surface area contributed by atoms with Crippen LogP contribution >= 0.6 is 0 Å². The molecule has 1 saturated heterocycles. The summed E-state index contributed by atoms with van der Waals surface area (Å²) in [6.07, 6.45) is 6.37. The molecule has 0 aromatic rings. The maximum atomic E-state index is 5.74. The predicted octanol–water partition coefficient (Wildman–Crippen LogP) is 3.63. The molecule has 1 heteroatoms. The second-order valence-electron chi connectivity index (χ2n) is 7.83. The lowest BCUT2D eigenvalue weighted by Gasteiger charge is -2.34. The van der Waals surface area contributed by atoms with Gasteiger partial charge >= 0.3 is 0 Å². The van der Waals surface area contributed by atoms with Crippen LogP contribution < -0.4 is 0 Å². The Morgan fingerprint density at radius 2 is 1.62 bits per heavy atom. The van der Waals surface area contributed by atoms with Gasteiger partial charge in [-0.05, 0) is 68.1 Å². The molecule has 0 spiro atoms. The van der Waals surface area contributed by atoms with E-state index in [9.17, 15) is 0 Å². The summed E-state index contributed by atoms with van der Waals surface area (Å²) in [6.45, 7) is 9.63. The first kappa shape index (κ1) is 9.94. The fraction of sp³-hybridized carbons (Fsp3) is 1.00. The van der Waals surface area contributed by atoms with Gasteiger partial charge < -0.3 is 4.74 Å². The lowest BCUT2D eigenvalue weighted by atomic mass is 9.70. The van der Waals surface area contributed by atoms with Crippen LogP contribution in [-0.2, 0) is 4.74 Å². The molecule has 4 atom stereocenters. The molecule has 1 nitrogen and oxygen atoms in total. The van der Waals surface area contributed by atoms with Gasteiger partial charge in [-0.25, -0.2) is 0 Å². The summed E-state index contributed by atoms with van der Waals surface area (Å²) >= 11 is 0. The van der Waals surface area contributed by atoms with Gasteiger partial charge in [0.25, 0.3) is 0 Å². The Morgan fingerprint density at radius 3 is 2.00 bits per heavy atom. The van der Waals surface area contributed by atoms with Crippen LogP contribution in [0, 0.1) is 28.6 Å². The Balaban J connectivity index is 1.48. The molecule has 0 radical (unpaired) electrons. The van der Waals surface area contributed by atoms with Gasteiger partial charge in [0.05, 0.1) is 11.7 Å². The highest BCUT2D eigenvalue weighted by atomic mass is 16.6. The fourth-order valence-electron chi connectivity index (χ4n) is 5.68. The zero-order valence-electron chi connectivity index (χ0n) is 11.0. The van der Waals surface area contributed by atoms with Crippen molar-refractivity contribution in [3.63, 3.8) is 0 Å². The molecule has 4 saturated carbocycles. The van der Waals surface area contributed by atoms with Gasteiger partial charge in [0.2, 0.25) is 0 Å². The molecule has 0 aromatic heterocycles. The Labute approximate surface area is 98.9 Å². The van der Waals surface area contributed by atoms with Crippen molar-refractivity contribution in [3.05, 3.63) is 0 Å². The van der Waals surface area contributed by atoms with Crippen molar-refractivity contribution >= 4 is 0 Å². The summed E-state index contributed by atoms with van der Waals surface area (Å²) in [4.78, 5) is 0. The molecule has 4 bridgehead atoms. The number of hydrogen-bond donors (Lipinski definition) is 0. The Morgan fingerprint density at radius 1 is 1.06 bits per heavy atom. The molecular formula is C15H24O. The van der Waals surface area contributed by atoms with E-state index in [1.54, 1.807) is 12.8 Å². The summed E-state index contributed by atoms with van der Waals surface area (Å²) in [6, 6.07) is 0. The molecule has 4 aliphatic carbocycles. The number of rotatable bonds is 3. The second kappa shape index (κ2) is 2.39. The van der Waals surface area contributed by atoms with Crippen molar-refractivity contribution in [2.45, 2.75) is 65.1 Å². The van der Waals surface area contributed by atoms with E-state index >= 15 is 0 Å². The van der Waals surface area contributed by atoms with E-state index in [0.29, 0.717) is 11.5 Å².